The first kappa shape index (κ1) is 19.2. The van der Waals surface area contributed by atoms with Crippen LogP contribution in [0, 0.1) is 5.41 Å². The number of carbonyl (C=O) groups is 2. The van der Waals surface area contributed by atoms with Crippen molar-refractivity contribution in [2.24, 2.45) is 11.1 Å². The molecule has 1 aromatic rings. The van der Waals surface area contributed by atoms with Gasteiger partial charge in [-0.3, -0.25) is 4.79 Å². The predicted molar refractivity (Wildman–Crippen MR) is 100 cm³/mol. The Labute approximate surface area is 150 Å². The largest absolute Gasteiger partial charge is 0.342 e. The Bertz CT molecular complexity index is 556. The number of rotatable bonds is 6. The molecule has 0 aromatic heterocycles. The summed E-state index contributed by atoms with van der Waals surface area (Å²) in [4.78, 5) is 26.8. The number of nitrogens with two attached hydrogens (primary N) is 1. The number of piperidine rings is 1. The Hall–Kier alpha value is -2.08. The van der Waals surface area contributed by atoms with E-state index in [1.807, 2.05) is 49.1 Å². The highest BCUT2D eigenvalue weighted by Crippen LogP contribution is 2.29. The molecule has 138 valence electrons. The van der Waals surface area contributed by atoms with E-state index in [2.05, 4.69) is 10.6 Å². The van der Waals surface area contributed by atoms with Crippen molar-refractivity contribution in [2.75, 3.05) is 25.0 Å². The number of anilines is 1. The van der Waals surface area contributed by atoms with E-state index in [0.717, 1.165) is 31.4 Å². The third-order valence-electron chi connectivity index (χ3n) is 5.35. The summed E-state index contributed by atoms with van der Waals surface area (Å²) in [5, 5.41) is 5.82. The van der Waals surface area contributed by atoms with E-state index in [0.29, 0.717) is 19.6 Å². The molecule has 0 bridgehead atoms. The molecule has 2 rings (SSSR count). The first-order valence-electron chi connectivity index (χ1n) is 9.16. The molecule has 1 aliphatic rings. The van der Waals surface area contributed by atoms with Gasteiger partial charge >= 0.3 is 6.03 Å². The number of benzene rings is 1. The molecule has 0 saturated carbocycles. The Balaban J connectivity index is 1.83. The summed E-state index contributed by atoms with van der Waals surface area (Å²) in [6.45, 7) is 5.76. The number of hydrogen-bond acceptors (Lipinski definition) is 3. The van der Waals surface area contributed by atoms with Gasteiger partial charge in [-0.2, -0.15) is 0 Å². The summed E-state index contributed by atoms with van der Waals surface area (Å²) in [6, 6.07) is 9.25. The molecular formula is C19H30N4O2. The molecule has 25 heavy (non-hydrogen) atoms. The fraction of sp³-hybridized carbons (Fsp3) is 0.579. The van der Waals surface area contributed by atoms with Crippen LogP contribution in [0.5, 0.6) is 0 Å². The lowest BCUT2D eigenvalue weighted by atomic mass is 9.80. The maximum absolute atomic E-state index is 12.8. The first-order chi connectivity index (χ1) is 12.0. The summed E-state index contributed by atoms with van der Waals surface area (Å²) in [5.41, 5.74) is 6.22. The Morgan fingerprint density at radius 2 is 1.76 bits per heavy atom. The van der Waals surface area contributed by atoms with Gasteiger partial charge in [0, 0.05) is 31.4 Å². The van der Waals surface area contributed by atoms with Crippen LogP contribution >= 0.6 is 0 Å². The van der Waals surface area contributed by atoms with Crippen LogP contribution in [0.1, 0.15) is 39.5 Å². The van der Waals surface area contributed by atoms with Crippen molar-refractivity contribution >= 4 is 17.6 Å². The van der Waals surface area contributed by atoms with Crippen LogP contribution in [0.4, 0.5) is 10.5 Å². The number of amides is 3. The van der Waals surface area contributed by atoms with Crippen molar-refractivity contribution in [3.05, 3.63) is 30.3 Å². The molecular weight excluding hydrogens is 316 g/mol. The monoisotopic (exact) mass is 346 g/mol. The van der Waals surface area contributed by atoms with Gasteiger partial charge in [0.15, 0.2) is 0 Å². The van der Waals surface area contributed by atoms with E-state index in [1.165, 1.54) is 0 Å². The molecule has 6 heteroatoms. The number of nitrogens with one attached hydrogen (secondary N) is 2. The average molecular weight is 346 g/mol. The van der Waals surface area contributed by atoms with Gasteiger partial charge < -0.3 is 21.3 Å². The molecule has 1 aromatic carbocycles. The van der Waals surface area contributed by atoms with Crippen molar-refractivity contribution in [3.8, 4) is 0 Å². The maximum atomic E-state index is 12.8. The minimum atomic E-state index is -0.440. The van der Waals surface area contributed by atoms with Crippen molar-refractivity contribution in [2.45, 2.75) is 45.6 Å². The average Bonchev–Trinajstić information content (AvgIpc) is 2.65. The topological polar surface area (TPSA) is 87.5 Å². The van der Waals surface area contributed by atoms with Gasteiger partial charge in [0.05, 0.1) is 5.41 Å². The van der Waals surface area contributed by atoms with Crippen LogP contribution in [-0.2, 0) is 4.79 Å². The van der Waals surface area contributed by atoms with Crippen LogP contribution in [-0.4, -0.2) is 42.5 Å². The van der Waals surface area contributed by atoms with Crippen molar-refractivity contribution in [3.63, 3.8) is 0 Å². The Morgan fingerprint density at radius 1 is 1.16 bits per heavy atom. The first-order valence-corrected chi connectivity index (χ1v) is 9.16. The molecule has 3 amide bonds. The number of hydrogen-bond donors (Lipinski definition) is 3. The molecule has 4 N–H and O–H groups in total. The fourth-order valence-electron chi connectivity index (χ4n) is 3.36. The third-order valence-corrected chi connectivity index (χ3v) is 5.35. The molecule has 0 spiro atoms. The zero-order valence-corrected chi connectivity index (χ0v) is 15.3. The second kappa shape index (κ2) is 8.85. The van der Waals surface area contributed by atoms with E-state index in [-0.39, 0.29) is 18.0 Å². The van der Waals surface area contributed by atoms with E-state index in [9.17, 15) is 9.59 Å². The fourth-order valence-corrected chi connectivity index (χ4v) is 3.36. The highest BCUT2D eigenvalue weighted by atomic mass is 16.2. The van der Waals surface area contributed by atoms with E-state index in [1.54, 1.807) is 0 Å². The lowest BCUT2D eigenvalue weighted by Gasteiger charge is -2.39. The molecule has 0 aliphatic carbocycles. The highest BCUT2D eigenvalue weighted by molar-refractivity contribution is 5.89. The summed E-state index contributed by atoms with van der Waals surface area (Å²) >= 11 is 0. The van der Waals surface area contributed by atoms with Crippen molar-refractivity contribution in [1.82, 2.24) is 10.2 Å². The molecule has 1 fully saturated rings. The normalized spacial score (nSPS) is 15.7. The molecule has 0 radical (unpaired) electrons. The molecule has 1 saturated heterocycles. The predicted octanol–water partition coefficient (Wildman–Crippen LogP) is 2.56. The minimum Gasteiger partial charge on any atom is -0.342 e. The van der Waals surface area contributed by atoms with E-state index < -0.39 is 5.41 Å². The highest BCUT2D eigenvalue weighted by Gasteiger charge is 2.38. The van der Waals surface area contributed by atoms with Gasteiger partial charge in [0.2, 0.25) is 5.91 Å². The zero-order valence-electron chi connectivity index (χ0n) is 15.3. The number of nitrogens with zero attached hydrogens (tertiary/aromatic N) is 1. The van der Waals surface area contributed by atoms with E-state index in [4.69, 9.17) is 5.73 Å². The second-order valence-corrected chi connectivity index (χ2v) is 6.72. The molecule has 1 heterocycles. The third kappa shape index (κ3) is 4.72. The Kier molecular flexibility index (Phi) is 6.82. The number of para-hydroxylation sites is 1. The number of likely N-dealkylation sites (tertiary alicyclic amines) is 1. The van der Waals surface area contributed by atoms with E-state index >= 15 is 0 Å². The number of urea groups is 1. The van der Waals surface area contributed by atoms with Gasteiger partial charge in [-0.25, -0.2) is 4.79 Å². The van der Waals surface area contributed by atoms with Gasteiger partial charge in [-0.15, -0.1) is 0 Å². The number of carbonyl (C=O) groups excluding carboxylic acids is 2. The summed E-state index contributed by atoms with van der Waals surface area (Å²) in [6.07, 6.45) is 3.05. The zero-order chi connectivity index (χ0) is 18.3. The molecule has 1 aliphatic heterocycles. The maximum Gasteiger partial charge on any atom is 0.319 e. The van der Waals surface area contributed by atoms with Crippen LogP contribution < -0.4 is 16.4 Å². The van der Waals surface area contributed by atoms with Crippen LogP contribution in [0.15, 0.2) is 30.3 Å². The van der Waals surface area contributed by atoms with Crippen LogP contribution in [0.2, 0.25) is 0 Å². The minimum absolute atomic E-state index is 0.0864. The summed E-state index contributed by atoms with van der Waals surface area (Å²) < 4.78 is 0. The lowest BCUT2D eigenvalue weighted by molar-refractivity contribution is -0.143. The van der Waals surface area contributed by atoms with Crippen molar-refractivity contribution < 1.29 is 9.59 Å². The summed E-state index contributed by atoms with van der Waals surface area (Å²) in [7, 11) is 0. The van der Waals surface area contributed by atoms with Gasteiger partial charge in [0.25, 0.3) is 0 Å². The van der Waals surface area contributed by atoms with Crippen molar-refractivity contribution in [1.29, 1.82) is 0 Å². The Morgan fingerprint density at radius 3 is 2.28 bits per heavy atom. The standard InChI is InChI=1S/C19H30N4O2/c1-3-19(4-2,14-20)17(24)23-12-10-16(11-13-23)22-18(25)21-15-8-6-5-7-9-15/h5-9,16H,3-4,10-14,20H2,1-2H3,(H2,21,22,25). The molecule has 0 atom stereocenters. The molecule has 0 unspecified atom stereocenters. The second-order valence-electron chi connectivity index (χ2n) is 6.72. The molecule has 6 nitrogen and oxygen atoms in total. The van der Waals surface area contributed by atoms with Crippen LogP contribution in [0.25, 0.3) is 0 Å². The van der Waals surface area contributed by atoms with Gasteiger partial charge in [-0.05, 0) is 37.8 Å². The lowest BCUT2D eigenvalue weighted by Crippen LogP contribution is -2.53. The smallest absolute Gasteiger partial charge is 0.319 e. The summed E-state index contributed by atoms with van der Waals surface area (Å²) in [5.74, 6) is 0.159. The van der Waals surface area contributed by atoms with Crippen LogP contribution in [0.3, 0.4) is 0 Å². The quantitative estimate of drug-likeness (QED) is 0.740. The SMILES string of the molecule is CCC(CC)(CN)C(=O)N1CCC(NC(=O)Nc2ccccc2)CC1. The van der Waals surface area contributed by atoms with Gasteiger partial charge in [-0.1, -0.05) is 32.0 Å². The van der Waals surface area contributed by atoms with Gasteiger partial charge in [0.1, 0.15) is 0 Å².